The Morgan fingerprint density at radius 1 is 1.57 bits per heavy atom. The van der Waals surface area contributed by atoms with Gasteiger partial charge in [-0.25, -0.2) is 0 Å². The van der Waals surface area contributed by atoms with E-state index in [0.29, 0.717) is 5.75 Å². The van der Waals surface area contributed by atoms with E-state index in [9.17, 15) is 9.90 Å². The number of carboxylic acid groups (broad SMARTS) is 1. The van der Waals surface area contributed by atoms with E-state index in [1.165, 1.54) is 0 Å². The van der Waals surface area contributed by atoms with Gasteiger partial charge in [0.15, 0.2) is 0 Å². The standard InChI is InChI=1S/C10H12O4/c1-7-4-2-3-5-9(7)14-6-8(11)10(12)13/h2-5,8,11H,6H2,1H3,(H,12,13)/p-1/t8-/m1/s1. The van der Waals surface area contributed by atoms with Gasteiger partial charge in [-0.15, -0.1) is 0 Å². The van der Waals surface area contributed by atoms with Gasteiger partial charge in [-0.2, -0.15) is 0 Å². The Labute approximate surface area is 81.8 Å². The Morgan fingerprint density at radius 3 is 2.79 bits per heavy atom. The minimum atomic E-state index is -1.59. The van der Waals surface area contributed by atoms with Crippen LogP contribution in [0.5, 0.6) is 5.75 Å². The molecule has 14 heavy (non-hydrogen) atoms. The number of carboxylic acids is 1. The molecule has 0 aliphatic heterocycles. The van der Waals surface area contributed by atoms with Gasteiger partial charge in [0.25, 0.3) is 0 Å². The van der Waals surface area contributed by atoms with Gasteiger partial charge in [0.1, 0.15) is 18.5 Å². The molecule has 76 valence electrons. The molecule has 0 bridgehead atoms. The van der Waals surface area contributed by atoms with Crippen LogP contribution in [-0.4, -0.2) is 23.8 Å². The van der Waals surface area contributed by atoms with Gasteiger partial charge >= 0.3 is 0 Å². The number of benzene rings is 1. The molecule has 0 saturated carbocycles. The van der Waals surface area contributed by atoms with Gasteiger partial charge in [0.2, 0.25) is 0 Å². The summed E-state index contributed by atoms with van der Waals surface area (Å²) in [4.78, 5) is 10.2. The summed E-state index contributed by atoms with van der Waals surface area (Å²) in [6.07, 6.45) is -1.59. The maximum Gasteiger partial charge on any atom is 0.127 e. The number of ether oxygens (including phenoxy) is 1. The second kappa shape index (κ2) is 4.62. The van der Waals surface area contributed by atoms with E-state index < -0.39 is 12.1 Å². The minimum Gasteiger partial charge on any atom is -0.547 e. The fourth-order valence-electron chi connectivity index (χ4n) is 0.955. The number of hydrogen-bond donors (Lipinski definition) is 1. The monoisotopic (exact) mass is 195 g/mol. The van der Waals surface area contributed by atoms with Crippen molar-refractivity contribution in [1.29, 1.82) is 0 Å². The largest absolute Gasteiger partial charge is 0.547 e. The van der Waals surface area contributed by atoms with E-state index in [0.717, 1.165) is 5.56 Å². The molecule has 0 aliphatic carbocycles. The lowest BCUT2D eigenvalue weighted by Crippen LogP contribution is -2.39. The predicted molar refractivity (Wildman–Crippen MR) is 47.7 cm³/mol. The average molecular weight is 195 g/mol. The Kier molecular flexibility index (Phi) is 3.48. The molecular weight excluding hydrogens is 184 g/mol. The smallest absolute Gasteiger partial charge is 0.127 e. The zero-order valence-electron chi connectivity index (χ0n) is 7.77. The van der Waals surface area contributed by atoms with Crippen LogP contribution in [0.1, 0.15) is 5.56 Å². The van der Waals surface area contributed by atoms with Crippen molar-refractivity contribution in [3.8, 4) is 5.75 Å². The molecule has 1 atom stereocenters. The SMILES string of the molecule is Cc1ccccc1OC[C@@H](O)C(=O)[O-]. The summed E-state index contributed by atoms with van der Waals surface area (Å²) in [6, 6.07) is 7.16. The lowest BCUT2D eigenvalue weighted by Gasteiger charge is -2.13. The second-order valence-corrected chi connectivity index (χ2v) is 2.91. The summed E-state index contributed by atoms with van der Waals surface area (Å²) in [6.45, 7) is 1.54. The van der Waals surface area contributed by atoms with Crippen molar-refractivity contribution in [3.63, 3.8) is 0 Å². The summed E-state index contributed by atoms with van der Waals surface area (Å²) >= 11 is 0. The first-order valence-electron chi connectivity index (χ1n) is 4.18. The van der Waals surface area contributed by atoms with E-state index in [-0.39, 0.29) is 6.61 Å². The van der Waals surface area contributed by atoms with Gasteiger partial charge in [-0.3, -0.25) is 0 Å². The van der Waals surface area contributed by atoms with Crippen molar-refractivity contribution >= 4 is 5.97 Å². The molecule has 1 aromatic carbocycles. The molecule has 0 aromatic heterocycles. The van der Waals surface area contributed by atoms with Crippen LogP contribution in [0.2, 0.25) is 0 Å². The first kappa shape index (κ1) is 10.5. The third kappa shape index (κ3) is 2.74. The number of para-hydroxylation sites is 1. The van der Waals surface area contributed by atoms with Gasteiger partial charge < -0.3 is 19.7 Å². The zero-order chi connectivity index (χ0) is 10.6. The minimum absolute atomic E-state index is 0.298. The van der Waals surface area contributed by atoms with Crippen LogP contribution in [0.25, 0.3) is 0 Å². The van der Waals surface area contributed by atoms with Crippen molar-refractivity contribution in [3.05, 3.63) is 29.8 Å². The number of aryl methyl sites for hydroxylation is 1. The third-order valence-electron chi connectivity index (χ3n) is 1.76. The number of aliphatic hydroxyl groups excluding tert-OH is 1. The number of carbonyl (C=O) groups excluding carboxylic acids is 1. The van der Waals surface area contributed by atoms with Gasteiger partial charge in [0.05, 0.1) is 5.97 Å². The molecule has 4 heteroatoms. The van der Waals surface area contributed by atoms with Gasteiger partial charge in [-0.1, -0.05) is 18.2 Å². The maximum atomic E-state index is 10.2. The van der Waals surface area contributed by atoms with Crippen LogP contribution < -0.4 is 9.84 Å². The summed E-state index contributed by atoms with van der Waals surface area (Å²) in [5.74, 6) is -0.966. The van der Waals surface area contributed by atoms with Crippen molar-refractivity contribution in [2.24, 2.45) is 0 Å². The maximum absolute atomic E-state index is 10.2. The molecule has 0 heterocycles. The van der Waals surface area contributed by atoms with Crippen molar-refractivity contribution in [2.45, 2.75) is 13.0 Å². The molecule has 1 rings (SSSR count). The fraction of sp³-hybridized carbons (Fsp3) is 0.300. The summed E-state index contributed by atoms with van der Waals surface area (Å²) < 4.78 is 5.09. The topological polar surface area (TPSA) is 69.6 Å². The Balaban J connectivity index is 2.54. The highest BCUT2D eigenvalue weighted by molar-refractivity contribution is 5.69. The van der Waals surface area contributed by atoms with Crippen LogP contribution >= 0.6 is 0 Å². The average Bonchev–Trinajstić information content (AvgIpc) is 2.16. The molecule has 1 aromatic rings. The molecule has 1 N–H and O–H groups in total. The first-order valence-corrected chi connectivity index (χ1v) is 4.18. The molecule has 0 saturated heterocycles. The highest BCUT2D eigenvalue weighted by atomic mass is 16.5. The zero-order valence-corrected chi connectivity index (χ0v) is 7.77. The second-order valence-electron chi connectivity index (χ2n) is 2.91. The van der Waals surface area contributed by atoms with Crippen molar-refractivity contribution < 1.29 is 19.7 Å². The van der Waals surface area contributed by atoms with Crippen LogP contribution in [0.3, 0.4) is 0 Å². The number of hydrogen-bond acceptors (Lipinski definition) is 4. The number of aliphatic hydroxyl groups is 1. The van der Waals surface area contributed by atoms with Crippen LogP contribution in [-0.2, 0) is 4.79 Å². The normalized spacial score (nSPS) is 12.1. The van der Waals surface area contributed by atoms with E-state index in [4.69, 9.17) is 9.84 Å². The first-order chi connectivity index (χ1) is 6.61. The molecule has 0 radical (unpaired) electrons. The lowest BCUT2D eigenvalue weighted by molar-refractivity contribution is -0.315. The summed E-state index contributed by atoms with van der Waals surface area (Å²) in [5.41, 5.74) is 0.887. The van der Waals surface area contributed by atoms with Crippen LogP contribution in [0.4, 0.5) is 0 Å². The van der Waals surface area contributed by atoms with Crippen molar-refractivity contribution in [1.82, 2.24) is 0 Å². The highest BCUT2D eigenvalue weighted by Gasteiger charge is 2.06. The number of aliphatic carboxylic acids is 1. The van der Waals surface area contributed by atoms with E-state index >= 15 is 0 Å². The van der Waals surface area contributed by atoms with E-state index in [1.807, 2.05) is 19.1 Å². The molecule has 0 amide bonds. The number of carbonyl (C=O) groups is 1. The summed E-state index contributed by atoms with van der Waals surface area (Å²) in [7, 11) is 0. The van der Waals surface area contributed by atoms with Gasteiger partial charge in [0, 0.05) is 0 Å². The third-order valence-corrected chi connectivity index (χ3v) is 1.76. The van der Waals surface area contributed by atoms with E-state index in [1.54, 1.807) is 12.1 Å². The molecular formula is C10H11O4-. The highest BCUT2D eigenvalue weighted by Crippen LogP contribution is 2.15. The molecule has 0 fully saturated rings. The Hall–Kier alpha value is -1.55. The number of rotatable bonds is 4. The quantitative estimate of drug-likeness (QED) is 0.702. The fourth-order valence-corrected chi connectivity index (χ4v) is 0.955. The summed E-state index contributed by atoms with van der Waals surface area (Å²) in [5, 5.41) is 19.1. The predicted octanol–water partition coefficient (Wildman–Crippen LogP) is -0.515. The van der Waals surface area contributed by atoms with Crippen LogP contribution in [0, 0.1) is 6.92 Å². The van der Waals surface area contributed by atoms with Crippen LogP contribution in [0.15, 0.2) is 24.3 Å². The lowest BCUT2D eigenvalue weighted by atomic mass is 10.2. The van der Waals surface area contributed by atoms with Gasteiger partial charge in [-0.05, 0) is 18.6 Å². The Bertz CT molecular complexity index is 322. The van der Waals surface area contributed by atoms with E-state index in [2.05, 4.69) is 0 Å². The molecule has 0 aliphatic rings. The molecule has 0 spiro atoms. The Morgan fingerprint density at radius 2 is 2.21 bits per heavy atom. The molecule has 0 unspecified atom stereocenters. The van der Waals surface area contributed by atoms with Crippen molar-refractivity contribution in [2.75, 3.05) is 6.61 Å². The molecule has 4 nitrogen and oxygen atoms in total.